The maximum absolute atomic E-state index is 10.6. The standard InChI is InChI=1S/C21H36N6O6/c28-16-33-15-9-3-8-14-24-21-26-19(22-12-6-1-4-10-17(29)30)25-20(27-21)23-13-7-2-5-11-18(31)32/h16H,1-15H2,(H,29,30)(H,31,32)(H3,22,23,24,25,26,27). The number of hydrogen-bond acceptors (Lipinski definition) is 10. The van der Waals surface area contributed by atoms with Gasteiger partial charge in [-0.15, -0.1) is 0 Å². The Morgan fingerprint density at radius 3 is 1.42 bits per heavy atom. The van der Waals surface area contributed by atoms with Crippen LogP contribution in [0.15, 0.2) is 0 Å². The molecule has 1 aromatic rings. The van der Waals surface area contributed by atoms with E-state index in [2.05, 4.69) is 35.6 Å². The lowest BCUT2D eigenvalue weighted by Crippen LogP contribution is -2.14. The average Bonchev–Trinajstić information content (AvgIpc) is 2.77. The predicted molar refractivity (Wildman–Crippen MR) is 123 cm³/mol. The molecule has 0 aliphatic rings. The molecule has 5 N–H and O–H groups in total. The summed E-state index contributed by atoms with van der Waals surface area (Å²) in [6.07, 6.45) is 7.36. The molecule has 0 aliphatic heterocycles. The van der Waals surface area contributed by atoms with E-state index in [0.29, 0.717) is 63.4 Å². The van der Waals surface area contributed by atoms with Crippen molar-refractivity contribution in [3.05, 3.63) is 0 Å². The highest BCUT2D eigenvalue weighted by Gasteiger charge is 2.07. The van der Waals surface area contributed by atoms with E-state index in [-0.39, 0.29) is 12.8 Å². The van der Waals surface area contributed by atoms with Crippen LogP contribution in [0.5, 0.6) is 0 Å². The SMILES string of the molecule is O=COCCCCCNc1nc(NCCCCCC(=O)O)nc(NCCCCCC(=O)O)n1. The summed E-state index contributed by atoms with van der Waals surface area (Å²) < 4.78 is 4.67. The van der Waals surface area contributed by atoms with Crippen LogP contribution < -0.4 is 16.0 Å². The zero-order valence-electron chi connectivity index (χ0n) is 19.1. The second kappa shape index (κ2) is 18.4. The lowest BCUT2D eigenvalue weighted by molar-refractivity contribution is -0.138. The smallest absolute Gasteiger partial charge is 0.303 e. The monoisotopic (exact) mass is 468 g/mol. The Bertz CT molecular complexity index is 662. The molecule has 0 fully saturated rings. The third-order valence-electron chi connectivity index (χ3n) is 4.63. The number of anilines is 3. The van der Waals surface area contributed by atoms with Gasteiger partial charge < -0.3 is 30.9 Å². The van der Waals surface area contributed by atoms with Gasteiger partial charge in [-0.05, 0) is 44.9 Å². The molecule has 0 aromatic carbocycles. The van der Waals surface area contributed by atoms with Crippen LogP contribution in [0, 0.1) is 0 Å². The molecule has 0 amide bonds. The minimum atomic E-state index is -0.786. The number of carbonyl (C=O) groups is 3. The molecule has 33 heavy (non-hydrogen) atoms. The second-order valence-corrected chi connectivity index (χ2v) is 7.52. The maximum atomic E-state index is 10.6. The van der Waals surface area contributed by atoms with E-state index in [1.807, 2.05) is 0 Å². The molecule has 0 saturated heterocycles. The van der Waals surface area contributed by atoms with Crippen molar-refractivity contribution in [1.29, 1.82) is 0 Å². The summed E-state index contributed by atoms with van der Waals surface area (Å²) in [5.74, 6) is -0.273. The first-order valence-electron chi connectivity index (χ1n) is 11.5. The van der Waals surface area contributed by atoms with Crippen LogP contribution in [-0.2, 0) is 19.1 Å². The van der Waals surface area contributed by atoms with E-state index in [1.165, 1.54) is 0 Å². The summed E-state index contributed by atoms with van der Waals surface area (Å²) in [7, 11) is 0. The Labute approximate surface area is 193 Å². The number of nitrogens with one attached hydrogen (secondary N) is 3. The Kier molecular flexibility index (Phi) is 15.5. The molecule has 1 rings (SSSR count). The molecule has 0 saturated carbocycles. The molecule has 0 spiro atoms. The van der Waals surface area contributed by atoms with Crippen molar-refractivity contribution in [3.63, 3.8) is 0 Å². The van der Waals surface area contributed by atoms with Gasteiger partial charge in [0.1, 0.15) is 0 Å². The number of aliphatic carboxylic acids is 2. The second-order valence-electron chi connectivity index (χ2n) is 7.52. The van der Waals surface area contributed by atoms with Crippen molar-refractivity contribution in [2.45, 2.75) is 70.6 Å². The van der Waals surface area contributed by atoms with Gasteiger partial charge in [0, 0.05) is 32.5 Å². The summed E-state index contributed by atoms with van der Waals surface area (Å²) >= 11 is 0. The summed E-state index contributed by atoms with van der Waals surface area (Å²) in [5, 5.41) is 26.9. The molecule has 12 nitrogen and oxygen atoms in total. The fraction of sp³-hybridized carbons (Fsp3) is 0.714. The van der Waals surface area contributed by atoms with E-state index in [1.54, 1.807) is 0 Å². The number of carboxylic acid groups (broad SMARTS) is 2. The van der Waals surface area contributed by atoms with Crippen molar-refractivity contribution >= 4 is 36.3 Å². The number of carbonyl (C=O) groups excluding carboxylic acids is 1. The number of rotatable bonds is 22. The van der Waals surface area contributed by atoms with Crippen LogP contribution in [0.1, 0.15) is 70.6 Å². The Morgan fingerprint density at radius 2 is 1.06 bits per heavy atom. The van der Waals surface area contributed by atoms with Crippen LogP contribution in [0.25, 0.3) is 0 Å². The van der Waals surface area contributed by atoms with Gasteiger partial charge in [-0.2, -0.15) is 15.0 Å². The molecular formula is C21H36N6O6. The van der Waals surface area contributed by atoms with Crippen molar-refractivity contribution in [2.24, 2.45) is 0 Å². The van der Waals surface area contributed by atoms with Gasteiger partial charge in [-0.1, -0.05) is 12.8 Å². The molecule has 0 unspecified atom stereocenters. The molecule has 186 valence electrons. The number of ether oxygens (including phenoxy) is 1. The van der Waals surface area contributed by atoms with Crippen LogP contribution in [-0.4, -0.2) is 69.8 Å². The van der Waals surface area contributed by atoms with E-state index >= 15 is 0 Å². The zero-order chi connectivity index (χ0) is 24.2. The molecule has 1 aromatic heterocycles. The van der Waals surface area contributed by atoms with Gasteiger partial charge in [0.25, 0.3) is 6.47 Å². The molecule has 0 bridgehead atoms. The first-order valence-corrected chi connectivity index (χ1v) is 11.5. The number of nitrogens with zero attached hydrogens (tertiary/aromatic N) is 3. The lowest BCUT2D eigenvalue weighted by atomic mass is 10.2. The largest absolute Gasteiger partial charge is 0.481 e. The molecule has 0 atom stereocenters. The maximum Gasteiger partial charge on any atom is 0.303 e. The first kappa shape index (κ1) is 27.9. The van der Waals surface area contributed by atoms with Crippen LogP contribution in [0.3, 0.4) is 0 Å². The van der Waals surface area contributed by atoms with Crippen molar-refractivity contribution in [1.82, 2.24) is 15.0 Å². The van der Waals surface area contributed by atoms with E-state index in [4.69, 9.17) is 10.2 Å². The van der Waals surface area contributed by atoms with Gasteiger partial charge >= 0.3 is 11.9 Å². The highest BCUT2D eigenvalue weighted by Crippen LogP contribution is 2.11. The Balaban J connectivity index is 2.49. The molecule has 12 heteroatoms. The average molecular weight is 469 g/mol. The van der Waals surface area contributed by atoms with Gasteiger partial charge in [0.05, 0.1) is 6.61 Å². The number of aromatic nitrogens is 3. The fourth-order valence-corrected chi connectivity index (χ4v) is 2.90. The summed E-state index contributed by atoms with van der Waals surface area (Å²) in [6, 6.07) is 0. The first-order chi connectivity index (χ1) is 16.0. The van der Waals surface area contributed by atoms with Gasteiger partial charge in [0.15, 0.2) is 0 Å². The quantitative estimate of drug-likeness (QED) is 0.124. The van der Waals surface area contributed by atoms with E-state index < -0.39 is 11.9 Å². The highest BCUT2D eigenvalue weighted by molar-refractivity contribution is 5.66. The zero-order valence-corrected chi connectivity index (χ0v) is 19.1. The Morgan fingerprint density at radius 1 is 0.667 bits per heavy atom. The number of hydrogen-bond donors (Lipinski definition) is 5. The van der Waals surface area contributed by atoms with Gasteiger partial charge in [0.2, 0.25) is 17.8 Å². The predicted octanol–water partition coefficient (Wildman–Crippen LogP) is 2.74. The lowest BCUT2D eigenvalue weighted by Gasteiger charge is -2.11. The topological polar surface area (TPSA) is 176 Å². The molecule has 0 radical (unpaired) electrons. The summed E-state index contributed by atoms with van der Waals surface area (Å²) in [5.41, 5.74) is 0. The summed E-state index contributed by atoms with van der Waals surface area (Å²) in [6.45, 7) is 2.76. The van der Waals surface area contributed by atoms with Crippen molar-refractivity contribution in [2.75, 3.05) is 42.2 Å². The normalized spacial score (nSPS) is 10.4. The Hall–Kier alpha value is -3.18. The van der Waals surface area contributed by atoms with Crippen LogP contribution in [0.4, 0.5) is 17.8 Å². The molecule has 1 heterocycles. The number of carboxylic acids is 2. The highest BCUT2D eigenvalue weighted by atomic mass is 16.5. The van der Waals surface area contributed by atoms with Crippen molar-refractivity contribution in [3.8, 4) is 0 Å². The fourth-order valence-electron chi connectivity index (χ4n) is 2.90. The number of unbranched alkanes of at least 4 members (excludes halogenated alkanes) is 6. The minimum absolute atomic E-state index is 0.168. The van der Waals surface area contributed by atoms with E-state index in [9.17, 15) is 14.4 Å². The molecular weight excluding hydrogens is 432 g/mol. The van der Waals surface area contributed by atoms with Crippen LogP contribution >= 0.6 is 0 Å². The van der Waals surface area contributed by atoms with Gasteiger partial charge in [-0.25, -0.2) is 0 Å². The van der Waals surface area contributed by atoms with Gasteiger partial charge in [-0.3, -0.25) is 14.4 Å². The minimum Gasteiger partial charge on any atom is -0.481 e. The summed E-state index contributed by atoms with van der Waals surface area (Å²) in [4.78, 5) is 44.4. The van der Waals surface area contributed by atoms with E-state index in [0.717, 1.165) is 44.9 Å². The molecule has 0 aliphatic carbocycles. The third kappa shape index (κ3) is 16.2. The third-order valence-corrected chi connectivity index (χ3v) is 4.63. The van der Waals surface area contributed by atoms with Crippen LogP contribution in [0.2, 0.25) is 0 Å². The van der Waals surface area contributed by atoms with Crippen molar-refractivity contribution < 1.29 is 29.3 Å².